The minimum Gasteiger partial charge on any atom is -0.489 e. The van der Waals surface area contributed by atoms with E-state index < -0.39 is 0 Å². The molecule has 0 aliphatic rings. The molecule has 0 amide bonds. The Morgan fingerprint density at radius 3 is 2.85 bits per heavy atom. The van der Waals surface area contributed by atoms with Crippen LogP contribution in [0.25, 0.3) is 0 Å². The summed E-state index contributed by atoms with van der Waals surface area (Å²) in [4.78, 5) is 0. The highest BCUT2D eigenvalue weighted by atomic mass is 16.5. The van der Waals surface area contributed by atoms with Crippen LogP contribution in [0.1, 0.15) is 5.56 Å². The lowest BCUT2D eigenvalue weighted by molar-refractivity contribution is 0.202. The molecule has 68 valence electrons. The third-order valence-electron chi connectivity index (χ3n) is 1.49. The monoisotopic (exact) mass is 178 g/mol. The first-order chi connectivity index (χ1) is 6.27. The number of aliphatic hydroxyl groups is 1. The first-order valence-electron chi connectivity index (χ1n) is 3.81. The highest BCUT2D eigenvalue weighted by molar-refractivity contribution is 5.56. The normalized spacial score (nSPS) is 9.23. The van der Waals surface area contributed by atoms with E-state index in [0.717, 1.165) is 0 Å². The number of ether oxygens (including phenoxy) is 1. The molecule has 0 aromatic heterocycles. The number of hydrogen-bond acceptors (Lipinski definition) is 4. The maximum absolute atomic E-state index is 8.54. The number of nitrogens with zero attached hydrogens (tertiary/aromatic N) is 1. The highest BCUT2D eigenvalue weighted by Crippen LogP contribution is 2.21. The number of nitriles is 1. The molecule has 4 nitrogen and oxygen atoms in total. The number of nitrogens with two attached hydrogens (primary N) is 1. The van der Waals surface area contributed by atoms with Crippen LogP contribution in [0.15, 0.2) is 18.2 Å². The summed E-state index contributed by atoms with van der Waals surface area (Å²) >= 11 is 0. The Kier molecular flexibility index (Phi) is 3.12. The second-order valence-corrected chi connectivity index (χ2v) is 2.44. The van der Waals surface area contributed by atoms with Crippen LogP contribution >= 0.6 is 0 Å². The topological polar surface area (TPSA) is 79.3 Å². The van der Waals surface area contributed by atoms with Crippen molar-refractivity contribution in [2.45, 2.75) is 0 Å². The molecule has 3 N–H and O–H groups in total. The van der Waals surface area contributed by atoms with Crippen molar-refractivity contribution in [1.29, 1.82) is 5.26 Å². The number of nitrogen functional groups attached to an aromatic ring is 1. The van der Waals surface area contributed by atoms with Crippen LogP contribution in [0.2, 0.25) is 0 Å². The predicted octanol–water partition coefficient (Wildman–Crippen LogP) is 0.512. The van der Waals surface area contributed by atoms with Gasteiger partial charge in [0.25, 0.3) is 0 Å². The molecule has 0 fully saturated rings. The lowest BCUT2D eigenvalue weighted by Crippen LogP contribution is -2.03. The van der Waals surface area contributed by atoms with Crippen molar-refractivity contribution in [3.05, 3.63) is 23.8 Å². The maximum atomic E-state index is 8.54. The largest absolute Gasteiger partial charge is 0.489 e. The van der Waals surface area contributed by atoms with E-state index in [1.807, 2.05) is 6.07 Å². The molecule has 0 atom stereocenters. The predicted molar refractivity (Wildman–Crippen MR) is 48.2 cm³/mol. The Balaban J connectivity index is 2.81. The number of benzene rings is 1. The zero-order valence-corrected chi connectivity index (χ0v) is 7.03. The molecule has 0 heterocycles. The molecular formula is C9H10N2O2. The van der Waals surface area contributed by atoms with Crippen molar-refractivity contribution >= 4 is 5.69 Å². The smallest absolute Gasteiger partial charge is 0.142 e. The molecule has 0 radical (unpaired) electrons. The Morgan fingerprint density at radius 1 is 1.54 bits per heavy atom. The van der Waals surface area contributed by atoms with Crippen molar-refractivity contribution in [3.63, 3.8) is 0 Å². The van der Waals surface area contributed by atoms with Gasteiger partial charge in [0.05, 0.1) is 23.9 Å². The van der Waals surface area contributed by atoms with E-state index in [1.54, 1.807) is 12.1 Å². The van der Waals surface area contributed by atoms with Gasteiger partial charge in [0, 0.05) is 0 Å². The van der Waals surface area contributed by atoms with Gasteiger partial charge < -0.3 is 15.6 Å². The van der Waals surface area contributed by atoms with Gasteiger partial charge in [0.15, 0.2) is 0 Å². The first-order valence-corrected chi connectivity index (χ1v) is 3.81. The molecule has 0 saturated heterocycles. The third kappa shape index (κ3) is 2.36. The molecule has 1 rings (SSSR count). The van der Waals surface area contributed by atoms with Gasteiger partial charge in [-0.05, 0) is 18.2 Å². The Labute approximate surface area is 76.2 Å². The average molecular weight is 178 g/mol. The fourth-order valence-electron chi connectivity index (χ4n) is 0.905. The zero-order chi connectivity index (χ0) is 9.68. The molecule has 0 bridgehead atoms. The van der Waals surface area contributed by atoms with Crippen molar-refractivity contribution < 1.29 is 9.84 Å². The Hall–Kier alpha value is -1.73. The summed E-state index contributed by atoms with van der Waals surface area (Å²) in [5.74, 6) is 0.494. The number of aliphatic hydroxyl groups excluding tert-OH is 1. The lowest BCUT2D eigenvalue weighted by Gasteiger charge is -2.06. The summed E-state index contributed by atoms with van der Waals surface area (Å²) in [6.45, 7) is 0.148. The summed E-state index contributed by atoms with van der Waals surface area (Å²) in [5, 5.41) is 17.0. The van der Waals surface area contributed by atoms with E-state index in [4.69, 9.17) is 20.8 Å². The molecule has 13 heavy (non-hydrogen) atoms. The third-order valence-corrected chi connectivity index (χ3v) is 1.49. The molecule has 4 heteroatoms. The molecule has 1 aromatic rings. The first kappa shape index (κ1) is 9.36. The van der Waals surface area contributed by atoms with Crippen LogP contribution in [0, 0.1) is 11.3 Å². The van der Waals surface area contributed by atoms with Crippen LogP contribution in [-0.2, 0) is 0 Å². The van der Waals surface area contributed by atoms with Gasteiger partial charge in [0.1, 0.15) is 12.4 Å². The molecule has 0 aliphatic carbocycles. The second-order valence-electron chi connectivity index (χ2n) is 2.44. The summed E-state index contributed by atoms with van der Waals surface area (Å²) in [6.07, 6.45) is 0. The fourth-order valence-corrected chi connectivity index (χ4v) is 0.905. The van der Waals surface area contributed by atoms with E-state index in [-0.39, 0.29) is 13.2 Å². The Morgan fingerprint density at radius 2 is 2.31 bits per heavy atom. The van der Waals surface area contributed by atoms with Crippen molar-refractivity contribution in [1.82, 2.24) is 0 Å². The number of rotatable bonds is 3. The van der Waals surface area contributed by atoms with Crippen LogP contribution in [0.4, 0.5) is 5.69 Å². The molecule has 0 spiro atoms. The molecule has 0 aliphatic heterocycles. The average Bonchev–Trinajstić information content (AvgIpc) is 2.16. The van der Waals surface area contributed by atoms with E-state index in [1.165, 1.54) is 6.07 Å². The van der Waals surface area contributed by atoms with Crippen LogP contribution in [0.3, 0.4) is 0 Å². The summed E-state index contributed by atoms with van der Waals surface area (Å²) in [6, 6.07) is 6.73. The van der Waals surface area contributed by atoms with Gasteiger partial charge in [-0.3, -0.25) is 0 Å². The summed E-state index contributed by atoms with van der Waals surface area (Å²) in [5.41, 5.74) is 6.48. The Bertz CT molecular complexity index is 331. The van der Waals surface area contributed by atoms with E-state index >= 15 is 0 Å². The van der Waals surface area contributed by atoms with Crippen molar-refractivity contribution in [2.75, 3.05) is 18.9 Å². The quantitative estimate of drug-likeness (QED) is 0.661. The summed E-state index contributed by atoms with van der Waals surface area (Å²) < 4.78 is 5.10. The highest BCUT2D eigenvalue weighted by Gasteiger charge is 2.00. The van der Waals surface area contributed by atoms with Crippen molar-refractivity contribution in [3.8, 4) is 11.8 Å². The number of hydrogen-bond donors (Lipinski definition) is 2. The lowest BCUT2D eigenvalue weighted by atomic mass is 10.2. The van der Waals surface area contributed by atoms with Gasteiger partial charge in [-0.1, -0.05) is 0 Å². The van der Waals surface area contributed by atoms with Gasteiger partial charge in [-0.25, -0.2) is 0 Å². The molecule has 0 unspecified atom stereocenters. The van der Waals surface area contributed by atoms with Gasteiger partial charge in [-0.2, -0.15) is 5.26 Å². The van der Waals surface area contributed by atoms with Crippen molar-refractivity contribution in [2.24, 2.45) is 0 Å². The van der Waals surface area contributed by atoms with Crippen LogP contribution < -0.4 is 10.5 Å². The van der Waals surface area contributed by atoms with E-state index in [0.29, 0.717) is 17.0 Å². The number of anilines is 1. The maximum Gasteiger partial charge on any atom is 0.142 e. The van der Waals surface area contributed by atoms with Crippen LogP contribution in [-0.4, -0.2) is 18.3 Å². The minimum absolute atomic E-state index is 0.0561. The fraction of sp³-hybridized carbons (Fsp3) is 0.222. The summed E-state index contributed by atoms with van der Waals surface area (Å²) in [7, 11) is 0. The van der Waals surface area contributed by atoms with E-state index in [2.05, 4.69) is 0 Å². The molecule has 1 aromatic carbocycles. The second kappa shape index (κ2) is 4.33. The standard InChI is InChI=1S/C9H10N2O2/c10-6-7-1-2-9(8(11)5-7)13-4-3-12/h1-2,5,12H,3-4,11H2. The van der Waals surface area contributed by atoms with Gasteiger partial charge in [0.2, 0.25) is 0 Å². The SMILES string of the molecule is N#Cc1ccc(OCCO)c(N)c1. The van der Waals surface area contributed by atoms with Gasteiger partial charge in [-0.15, -0.1) is 0 Å². The van der Waals surface area contributed by atoms with Gasteiger partial charge >= 0.3 is 0 Å². The zero-order valence-electron chi connectivity index (χ0n) is 7.03. The van der Waals surface area contributed by atoms with Crippen LogP contribution in [0.5, 0.6) is 5.75 Å². The van der Waals surface area contributed by atoms with E-state index in [9.17, 15) is 0 Å². The molecule has 0 saturated carbocycles. The molecular weight excluding hydrogens is 168 g/mol. The minimum atomic E-state index is -0.0561.